The molecule has 0 aromatic carbocycles. The fourth-order valence-electron chi connectivity index (χ4n) is 1.37. The third-order valence-electron chi connectivity index (χ3n) is 2.04. The van der Waals surface area contributed by atoms with Crippen LogP contribution < -0.4 is 0 Å². The van der Waals surface area contributed by atoms with Crippen LogP contribution in [0.25, 0.3) is 11.4 Å². The van der Waals surface area contributed by atoms with Gasteiger partial charge in [0.1, 0.15) is 0 Å². The predicted octanol–water partition coefficient (Wildman–Crippen LogP) is 2.76. The maximum Gasteiger partial charge on any atom is 0.0889 e. The Hall–Kier alpha value is -1.70. The van der Waals surface area contributed by atoms with E-state index in [9.17, 15) is 0 Å². The predicted molar refractivity (Wildman–Crippen MR) is 56.9 cm³/mol. The Bertz CT molecular complexity index is 406. The molecular formula is C12H12N2. The Morgan fingerprint density at radius 1 is 0.714 bits per heavy atom. The smallest absolute Gasteiger partial charge is 0.0889 e. The van der Waals surface area contributed by atoms with E-state index in [0.29, 0.717) is 0 Å². The molecule has 0 amide bonds. The molecule has 0 aliphatic heterocycles. The fourth-order valence-corrected chi connectivity index (χ4v) is 1.37. The first-order valence-corrected chi connectivity index (χ1v) is 4.63. The molecule has 2 rings (SSSR count). The molecule has 0 aliphatic carbocycles. The van der Waals surface area contributed by atoms with Crippen LogP contribution in [0.2, 0.25) is 0 Å². The highest BCUT2D eigenvalue weighted by atomic mass is 14.8. The van der Waals surface area contributed by atoms with Crippen LogP contribution in [0.15, 0.2) is 36.4 Å². The maximum absolute atomic E-state index is 4.42. The van der Waals surface area contributed by atoms with Gasteiger partial charge in [0.25, 0.3) is 0 Å². The van der Waals surface area contributed by atoms with Gasteiger partial charge in [-0.1, -0.05) is 12.1 Å². The quantitative estimate of drug-likeness (QED) is 0.681. The summed E-state index contributed by atoms with van der Waals surface area (Å²) in [6.45, 7) is 3.97. The van der Waals surface area contributed by atoms with Crippen molar-refractivity contribution in [2.24, 2.45) is 0 Å². The molecule has 2 nitrogen and oxygen atoms in total. The molecule has 14 heavy (non-hydrogen) atoms. The van der Waals surface area contributed by atoms with E-state index in [1.165, 1.54) is 0 Å². The van der Waals surface area contributed by atoms with Crippen molar-refractivity contribution >= 4 is 0 Å². The molecule has 0 spiro atoms. The summed E-state index contributed by atoms with van der Waals surface area (Å²) in [6, 6.07) is 11.9. The topological polar surface area (TPSA) is 25.8 Å². The summed E-state index contributed by atoms with van der Waals surface area (Å²) in [7, 11) is 0. The first-order chi connectivity index (χ1) is 6.75. The van der Waals surface area contributed by atoms with Crippen molar-refractivity contribution in [3.8, 4) is 11.4 Å². The highest BCUT2D eigenvalue weighted by Gasteiger charge is 1.99. The van der Waals surface area contributed by atoms with Crippen LogP contribution in [0.3, 0.4) is 0 Å². The average Bonchev–Trinajstić information content (AvgIpc) is 2.18. The molecule has 0 atom stereocenters. The van der Waals surface area contributed by atoms with Crippen molar-refractivity contribution in [2.75, 3.05) is 0 Å². The van der Waals surface area contributed by atoms with E-state index in [2.05, 4.69) is 9.97 Å². The number of rotatable bonds is 1. The number of aromatic nitrogens is 2. The van der Waals surface area contributed by atoms with Gasteiger partial charge in [0, 0.05) is 11.4 Å². The third-order valence-corrected chi connectivity index (χ3v) is 2.04. The van der Waals surface area contributed by atoms with Crippen molar-refractivity contribution in [3.05, 3.63) is 47.8 Å². The van der Waals surface area contributed by atoms with E-state index in [0.717, 1.165) is 22.8 Å². The van der Waals surface area contributed by atoms with Crippen LogP contribution in [0.5, 0.6) is 0 Å². The summed E-state index contributed by atoms with van der Waals surface area (Å²) >= 11 is 0. The number of pyridine rings is 2. The van der Waals surface area contributed by atoms with Gasteiger partial charge in [-0.15, -0.1) is 0 Å². The Balaban J connectivity index is 2.49. The maximum atomic E-state index is 4.42. The normalized spacial score (nSPS) is 10.1. The van der Waals surface area contributed by atoms with Gasteiger partial charge in [-0.05, 0) is 38.1 Å². The summed E-state index contributed by atoms with van der Waals surface area (Å²) in [5, 5.41) is 0. The van der Waals surface area contributed by atoms with Gasteiger partial charge in [-0.3, -0.25) is 9.97 Å². The van der Waals surface area contributed by atoms with Crippen LogP contribution in [0.1, 0.15) is 11.4 Å². The highest BCUT2D eigenvalue weighted by Crippen LogP contribution is 2.14. The summed E-state index contributed by atoms with van der Waals surface area (Å²) in [6.07, 6.45) is 0. The second-order valence-electron chi connectivity index (χ2n) is 3.33. The van der Waals surface area contributed by atoms with Gasteiger partial charge < -0.3 is 0 Å². The van der Waals surface area contributed by atoms with Crippen LogP contribution in [0.4, 0.5) is 0 Å². The summed E-state index contributed by atoms with van der Waals surface area (Å²) in [5.74, 6) is 0. The standard InChI is InChI=1S/C12H12N2/c1-9-5-3-7-11(13-9)12-8-4-6-10(2)14-12/h3-8H,1-2H3. The molecule has 0 saturated heterocycles. The number of hydrogen-bond donors (Lipinski definition) is 0. The van der Waals surface area contributed by atoms with Crippen molar-refractivity contribution in [1.82, 2.24) is 9.97 Å². The molecule has 0 aliphatic rings. The lowest BCUT2D eigenvalue weighted by atomic mass is 10.2. The second kappa shape index (κ2) is 3.58. The molecule has 0 bridgehead atoms. The molecular weight excluding hydrogens is 172 g/mol. The minimum atomic E-state index is 0.939. The molecule has 0 radical (unpaired) electrons. The largest absolute Gasteiger partial charge is 0.251 e. The Labute approximate surface area is 83.7 Å². The molecule has 0 saturated carbocycles. The molecule has 2 aromatic rings. The molecule has 2 heterocycles. The summed E-state index contributed by atoms with van der Waals surface area (Å²) in [5.41, 5.74) is 3.92. The van der Waals surface area contributed by atoms with Gasteiger partial charge in [0.2, 0.25) is 0 Å². The average molecular weight is 184 g/mol. The first-order valence-electron chi connectivity index (χ1n) is 4.63. The molecule has 70 valence electrons. The van der Waals surface area contributed by atoms with Gasteiger partial charge in [0.05, 0.1) is 11.4 Å². The Kier molecular flexibility index (Phi) is 2.27. The third kappa shape index (κ3) is 1.79. The molecule has 0 N–H and O–H groups in total. The minimum Gasteiger partial charge on any atom is -0.251 e. The number of hydrogen-bond acceptors (Lipinski definition) is 2. The lowest BCUT2D eigenvalue weighted by Gasteiger charge is -2.01. The summed E-state index contributed by atoms with van der Waals surface area (Å²) < 4.78 is 0. The minimum absolute atomic E-state index is 0.939. The van der Waals surface area contributed by atoms with E-state index in [1.807, 2.05) is 50.2 Å². The molecule has 0 unspecified atom stereocenters. The highest BCUT2D eigenvalue weighted by molar-refractivity contribution is 5.54. The van der Waals surface area contributed by atoms with Gasteiger partial charge in [0.15, 0.2) is 0 Å². The van der Waals surface area contributed by atoms with Crippen molar-refractivity contribution in [1.29, 1.82) is 0 Å². The van der Waals surface area contributed by atoms with E-state index >= 15 is 0 Å². The summed E-state index contributed by atoms with van der Waals surface area (Å²) in [4.78, 5) is 8.84. The van der Waals surface area contributed by atoms with Crippen LogP contribution in [-0.2, 0) is 0 Å². The monoisotopic (exact) mass is 184 g/mol. The first kappa shape index (κ1) is 8.88. The van der Waals surface area contributed by atoms with Crippen LogP contribution >= 0.6 is 0 Å². The lowest BCUT2D eigenvalue weighted by Crippen LogP contribution is -1.90. The van der Waals surface area contributed by atoms with Crippen molar-refractivity contribution in [3.63, 3.8) is 0 Å². The SMILES string of the molecule is Cc1cccc(-c2cccc(C)n2)n1. The zero-order valence-electron chi connectivity index (χ0n) is 8.36. The van der Waals surface area contributed by atoms with Crippen LogP contribution in [-0.4, -0.2) is 9.97 Å². The molecule has 0 fully saturated rings. The van der Waals surface area contributed by atoms with Gasteiger partial charge in [-0.2, -0.15) is 0 Å². The van der Waals surface area contributed by atoms with Gasteiger partial charge in [-0.25, -0.2) is 0 Å². The van der Waals surface area contributed by atoms with E-state index in [1.54, 1.807) is 0 Å². The lowest BCUT2D eigenvalue weighted by molar-refractivity contribution is 1.15. The Morgan fingerprint density at radius 2 is 1.14 bits per heavy atom. The fraction of sp³-hybridized carbons (Fsp3) is 0.167. The number of aryl methyl sites for hydroxylation is 2. The van der Waals surface area contributed by atoms with Crippen LogP contribution in [0, 0.1) is 13.8 Å². The van der Waals surface area contributed by atoms with Crippen molar-refractivity contribution < 1.29 is 0 Å². The molecule has 2 aromatic heterocycles. The number of nitrogens with zero attached hydrogens (tertiary/aromatic N) is 2. The van der Waals surface area contributed by atoms with E-state index < -0.39 is 0 Å². The Morgan fingerprint density at radius 3 is 1.50 bits per heavy atom. The second-order valence-corrected chi connectivity index (χ2v) is 3.33. The van der Waals surface area contributed by atoms with E-state index in [-0.39, 0.29) is 0 Å². The zero-order chi connectivity index (χ0) is 9.97. The van der Waals surface area contributed by atoms with Crippen molar-refractivity contribution in [2.45, 2.75) is 13.8 Å². The van der Waals surface area contributed by atoms with Gasteiger partial charge >= 0.3 is 0 Å². The molecule has 2 heteroatoms. The van der Waals surface area contributed by atoms with E-state index in [4.69, 9.17) is 0 Å². The zero-order valence-corrected chi connectivity index (χ0v) is 8.36.